The molecular weight excluding hydrogens is 499 g/mol. The molecule has 0 saturated heterocycles. The maximum Gasteiger partial charge on any atom is 4.00 e. The van der Waals surface area contributed by atoms with Gasteiger partial charge in [0.2, 0.25) is 0 Å². The van der Waals surface area contributed by atoms with E-state index in [9.17, 15) is 39.6 Å². The largest absolute Gasteiger partial charge is 4.00 e. The standard InChI is InChI=1S/4C4H8O2.Hf/c4*1-2-3-4(5)6;/h4*2-3H2,1H3,(H,5,6);/q;;;;+4/p-4. The molecular formula is C16H28HfO8. The molecule has 0 aliphatic heterocycles. The van der Waals surface area contributed by atoms with E-state index < -0.39 is 23.9 Å². The topological polar surface area (TPSA) is 161 Å². The van der Waals surface area contributed by atoms with Gasteiger partial charge in [0, 0.05) is 23.9 Å². The summed E-state index contributed by atoms with van der Waals surface area (Å²) in [5.41, 5.74) is 0. The van der Waals surface area contributed by atoms with E-state index in [0.29, 0.717) is 25.7 Å². The summed E-state index contributed by atoms with van der Waals surface area (Å²) in [6, 6.07) is 0. The molecule has 0 unspecified atom stereocenters. The summed E-state index contributed by atoms with van der Waals surface area (Å²) in [6.07, 6.45) is 3.40. The first-order valence-electron chi connectivity index (χ1n) is 7.88. The Labute approximate surface area is 168 Å². The smallest absolute Gasteiger partial charge is 0.550 e. The number of aliphatic carboxylic acids is 4. The zero-order valence-corrected chi connectivity index (χ0v) is 19.0. The van der Waals surface area contributed by atoms with Crippen LogP contribution in [0.1, 0.15) is 79.1 Å². The Morgan fingerprint density at radius 2 is 0.600 bits per heavy atom. The van der Waals surface area contributed by atoms with E-state index in [4.69, 9.17) is 0 Å². The van der Waals surface area contributed by atoms with Gasteiger partial charge in [0.1, 0.15) is 0 Å². The minimum Gasteiger partial charge on any atom is -0.550 e. The molecule has 0 N–H and O–H groups in total. The first kappa shape index (κ1) is 35.0. The molecule has 0 amide bonds. The predicted octanol–water partition coefficient (Wildman–Crippen LogP) is -1.86. The van der Waals surface area contributed by atoms with Gasteiger partial charge in [-0.2, -0.15) is 0 Å². The van der Waals surface area contributed by atoms with Crippen molar-refractivity contribution in [1.82, 2.24) is 0 Å². The fraction of sp³-hybridized carbons (Fsp3) is 0.750. The Morgan fingerprint density at radius 1 is 0.480 bits per heavy atom. The van der Waals surface area contributed by atoms with Crippen LogP contribution < -0.4 is 20.4 Å². The molecule has 0 radical (unpaired) electrons. The van der Waals surface area contributed by atoms with Crippen LogP contribution in [0, 0.1) is 0 Å². The van der Waals surface area contributed by atoms with Gasteiger partial charge >= 0.3 is 25.8 Å². The zero-order chi connectivity index (χ0) is 20.0. The van der Waals surface area contributed by atoms with E-state index in [0.717, 1.165) is 0 Å². The Kier molecular flexibility index (Phi) is 42.8. The van der Waals surface area contributed by atoms with Crippen LogP contribution >= 0.6 is 0 Å². The number of hydrogen-bond acceptors (Lipinski definition) is 8. The monoisotopic (exact) mass is 528 g/mol. The fourth-order valence-corrected chi connectivity index (χ4v) is 0.816. The van der Waals surface area contributed by atoms with Crippen molar-refractivity contribution in [2.45, 2.75) is 79.1 Å². The van der Waals surface area contributed by atoms with Gasteiger partial charge in [0.25, 0.3) is 0 Å². The summed E-state index contributed by atoms with van der Waals surface area (Å²) in [5.74, 6) is -3.84. The molecule has 0 aromatic heterocycles. The van der Waals surface area contributed by atoms with Crippen molar-refractivity contribution >= 4 is 23.9 Å². The third-order valence-corrected chi connectivity index (χ3v) is 1.82. The van der Waals surface area contributed by atoms with Crippen LogP contribution in [0.15, 0.2) is 0 Å². The van der Waals surface area contributed by atoms with Crippen LogP contribution in [0.5, 0.6) is 0 Å². The van der Waals surface area contributed by atoms with Crippen LogP contribution in [-0.2, 0) is 45.0 Å². The Bertz CT molecular complexity index is 268. The molecule has 0 aliphatic carbocycles. The number of hydrogen-bond donors (Lipinski definition) is 0. The SMILES string of the molecule is CCCC(=O)[O-].CCCC(=O)[O-].CCCC(=O)[O-].CCCC(=O)[O-].[Hf+4]. The second kappa shape index (κ2) is 30.6. The molecule has 25 heavy (non-hydrogen) atoms. The maximum atomic E-state index is 9.49. The Balaban J connectivity index is -0.0000000702. The van der Waals surface area contributed by atoms with Crippen molar-refractivity contribution in [2.24, 2.45) is 0 Å². The number of carboxylic acids is 4. The van der Waals surface area contributed by atoms with Gasteiger partial charge < -0.3 is 39.6 Å². The molecule has 144 valence electrons. The van der Waals surface area contributed by atoms with E-state index in [1.165, 1.54) is 0 Å². The second-order valence-electron chi connectivity index (χ2n) is 4.49. The van der Waals surface area contributed by atoms with Gasteiger partial charge in [-0.25, -0.2) is 0 Å². The summed E-state index contributed by atoms with van der Waals surface area (Å²) in [5, 5.41) is 38.0. The maximum absolute atomic E-state index is 9.49. The van der Waals surface area contributed by atoms with Crippen LogP contribution in [0.3, 0.4) is 0 Å². The molecule has 0 saturated carbocycles. The van der Waals surface area contributed by atoms with E-state index in [2.05, 4.69) is 0 Å². The second-order valence-corrected chi connectivity index (χ2v) is 4.49. The zero-order valence-electron chi connectivity index (χ0n) is 15.4. The van der Waals surface area contributed by atoms with Crippen LogP contribution in [0.4, 0.5) is 0 Å². The molecule has 0 aromatic rings. The van der Waals surface area contributed by atoms with Gasteiger partial charge in [-0.1, -0.05) is 53.4 Å². The van der Waals surface area contributed by atoms with E-state index in [-0.39, 0.29) is 51.5 Å². The molecule has 0 atom stereocenters. The third kappa shape index (κ3) is 84.8. The average Bonchev–Trinajstić information content (AvgIpc) is 2.39. The Morgan fingerprint density at radius 3 is 0.600 bits per heavy atom. The number of rotatable bonds is 8. The molecule has 0 spiro atoms. The molecule has 0 aliphatic rings. The van der Waals surface area contributed by atoms with Gasteiger partial charge in [0.15, 0.2) is 0 Å². The quantitative estimate of drug-likeness (QED) is 0.333. The van der Waals surface area contributed by atoms with E-state index >= 15 is 0 Å². The Hall–Kier alpha value is -1.25. The third-order valence-electron chi connectivity index (χ3n) is 1.82. The fourth-order valence-electron chi connectivity index (χ4n) is 0.816. The summed E-state index contributed by atoms with van der Waals surface area (Å²) in [6.45, 7) is 7.21. The van der Waals surface area contributed by atoms with Crippen molar-refractivity contribution in [3.05, 3.63) is 0 Å². The molecule has 9 heteroatoms. The van der Waals surface area contributed by atoms with Gasteiger partial charge in [-0.05, 0) is 25.7 Å². The predicted molar refractivity (Wildman–Crippen MR) is 79.7 cm³/mol. The van der Waals surface area contributed by atoms with Crippen LogP contribution in [-0.4, -0.2) is 23.9 Å². The minimum atomic E-state index is -0.961. The van der Waals surface area contributed by atoms with Crippen molar-refractivity contribution in [3.63, 3.8) is 0 Å². The van der Waals surface area contributed by atoms with Crippen molar-refractivity contribution in [2.75, 3.05) is 0 Å². The average molecular weight is 527 g/mol. The van der Waals surface area contributed by atoms with Gasteiger partial charge in [0.05, 0.1) is 0 Å². The van der Waals surface area contributed by atoms with Crippen molar-refractivity contribution < 1.29 is 65.4 Å². The van der Waals surface area contributed by atoms with Crippen molar-refractivity contribution in [3.8, 4) is 0 Å². The summed E-state index contributed by atoms with van der Waals surface area (Å²) in [7, 11) is 0. The molecule has 0 heterocycles. The molecule has 0 bridgehead atoms. The number of carboxylic acid groups (broad SMARTS) is 4. The molecule has 0 fully saturated rings. The molecule has 0 aromatic carbocycles. The van der Waals surface area contributed by atoms with Crippen LogP contribution in [0.2, 0.25) is 0 Å². The first-order valence-corrected chi connectivity index (χ1v) is 7.88. The summed E-state index contributed by atoms with van der Waals surface area (Å²) < 4.78 is 0. The minimum absolute atomic E-state index is 0. The summed E-state index contributed by atoms with van der Waals surface area (Å²) in [4.78, 5) is 38.0. The summed E-state index contributed by atoms with van der Waals surface area (Å²) >= 11 is 0. The first-order chi connectivity index (χ1) is 11.1. The van der Waals surface area contributed by atoms with E-state index in [1.54, 1.807) is 27.7 Å². The normalized spacial score (nSPS) is 7.84. The number of carbonyl (C=O) groups is 4. The van der Waals surface area contributed by atoms with Crippen molar-refractivity contribution in [1.29, 1.82) is 0 Å². The van der Waals surface area contributed by atoms with Gasteiger partial charge in [-0.3, -0.25) is 0 Å². The number of carbonyl (C=O) groups excluding carboxylic acids is 4. The van der Waals surface area contributed by atoms with Crippen LogP contribution in [0.25, 0.3) is 0 Å². The molecule has 8 nitrogen and oxygen atoms in total. The van der Waals surface area contributed by atoms with Gasteiger partial charge in [-0.15, -0.1) is 0 Å². The van der Waals surface area contributed by atoms with E-state index in [1.807, 2.05) is 0 Å². The molecule has 0 rings (SSSR count).